The van der Waals surface area contributed by atoms with Gasteiger partial charge in [-0.05, 0) is 76.0 Å². The molecule has 0 spiro atoms. The molecule has 5 heteroatoms. The molecule has 178 valence electrons. The van der Waals surface area contributed by atoms with Crippen molar-refractivity contribution in [2.24, 2.45) is 29.6 Å². The molecular weight excluding hydrogens is 404 g/mol. The van der Waals surface area contributed by atoms with Crippen molar-refractivity contribution >= 4 is 11.8 Å². The van der Waals surface area contributed by atoms with E-state index in [1.54, 1.807) is 0 Å². The second-order valence-electron chi connectivity index (χ2n) is 10.2. The molecule has 2 unspecified atom stereocenters. The van der Waals surface area contributed by atoms with Crippen LogP contribution in [0.3, 0.4) is 0 Å². The normalized spacial score (nSPS) is 35.4. The van der Waals surface area contributed by atoms with Gasteiger partial charge in [-0.3, -0.25) is 9.59 Å². The lowest BCUT2D eigenvalue weighted by molar-refractivity contribution is -0.193. The molecule has 0 aromatic rings. The first kappa shape index (κ1) is 23.7. The average molecular weight is 445 g/mol. The van der Waals surface area contributed by atoms with Gasteiger partial charge in [0, 0.05) is 18.9 Å². The zero-order valence-corrected chi connectivity index (χ0v) is 19.8. The van der Waals surface area contributed by atoms with Crippen molar-refractivity contribution in [1.82, 2.24) is 0 Å². The van der Waals surface area contributed by atoms with E-state index in [4.69, 9.17) is 14.2 Å². The van der Waals surface area contributed by atoms with E-state index in [-0.39, 0.29) is 30.1 Å². The van der Waals surface area contributed by atoms with Gasteiger partial charge in [-0.15, -0.1) is 0 Å². The van der Waals surface area contributed by atoms with E-state index in [0.29, 0.717) is 24.2 Å². The van der Waals surface area contributed by atoms with Gasteiger partial charge in [0.15, 0.2) is 12.1 Å². The monoisotopic (exact) mass is 444 g/mol. The number of carbonyl (C=O) groups is 2. The number of rotatable bonds is 8. The standard InChI is InChI=1S/C27H40O5/c1-3-8-21-22-16-18(15-20(22)17-24(21)32-25-11-6-7-14-31-25)12-13-23(28)26(27(29)30-2)19-9-4-5-10-19/h3,8,12,19-22,24-26H,4-7,9-11,13-17H2,1-2H3/t20-,21-,22+,24-,25?,26?/m1/s1. The molecular formula is C27H40O5. The smallest absolute Gasteiger partial charge is 0.316 e. The van der Waals surface area contributed by atoms with Gasteiger partial charge in [0.05, 0.1) is 13.2 Å². The van der Waals surface area contributed by atoms with Crippen LogP contribution in [0.25, 0.3) is 0 Å². The lowest BCUT2D eigenvalue weighted by Crippen LogP contribution is -2.31. The Morgan fingerprint density at radius 1 is 1.12 bits per heavy atom. The molecule has 3 aliphatic carbocycles. The van der Waals surface area contributed by atoms with Crippen LogP contribution < -0.4 is 0 Å². The third kappa shape index (κ3) is 5.36. The number of esters is 1. The van der Waals surface area contributed by atoms with E-state index in [2.05, 4.69) is 25.2 Å². The Labute approximate surface area is 192 Å². The number of Topliss-reactive ketones (excluding diaryl/α,β-unsaturated/α-hetero) is 1. The molecule has 0 aromatic heterocycles. The molecule has 5 nitrogen and oxygen atoms in total. The highest BCUT2D eigenvalue weighted by Crippen LogP contribution is 2.52. The highest BCUT2D eigenvalue weighted by atomic mass is 16.7. The van der Waals surface area contributed by atoms with Gasteiger partial charge < -0.3 is 14.2 Å². The van der Waals surface area contributed by atoms with E-state index >= 15 is 0 Å². The first-order valence-electron chi connectivity index (χ1n) is 12.8. The second kappa shape index (κ2) is 11.1. The molecule has 6 atom stereocenters. The van der Waals surface area contributed by atoms with Gasteiger partial charge >= 0.3 is 5.97 Å². The fourth-order valence-electron chi connectivity index (χ4n) is 6.67. The van der Waals surface area contributed by atoms with E-state index in [1.807, 2.05) is 0 Å². The summed E-state index contributed by atoms with van der Waals surface area (Å²) in [5, 5.41) is 0. The fraction of sp³-hybridized carbons (Fsp3) is 0.778. The van der Waals surface area contributed by atoms with Gasteiger partial charge in [-0.25, -0.2) is 0 Å². The third-order valence-corrected chi connectivity index (χ3v) is 8.23. The summed E-state index contributed by atoms with van der Waals surface area (Å²) in [6.45, 7) is 2.90. The SMILES string of the molecule is CC=C[C@@H]1[C@H]2CC(=CCC(=O)C(C(=O)OC)C3CCCC3)C[C@@H]2C[C@H]1OC1CCCCO1. The number of hydrogen-bond donors (Lipinski definition) is 0. The third-order valence-electron chi connectivity index (χ3n) is 8.23. The van der Waals surface area contributed by atoms with E-state index in [9.17, 15) is 9.59 Å². The molecule has 0 bridgehead atoms. The number of fused-ring (bicyclic) bond motifs is 1. The maximum Gasteiger partial charge on any atom is 0.316 e. The summed E-state index contributed by atoms with van der Waals surface area (Å²) < 4.78 is 17.2. The Hall–Kier alpha value is -1.46. The highest BCUT2D eigenvalue weighted by Gasteiger charge is 2.47. The molecule has 1 heterocycles. The second-order valence-corrected chi connectivity index (χ2v) is 10.2. The maximum atomic E-state index is 13.0. The van der Waals surface area contributed by atoms with Gasteiger partial charge in [0.2, 0.25) is 0 Å². The number of ether oxygens (including phenoxy) is 3. The summed E-state index contributed by atoms with van der Waals surface area (Å²) in [6, 6.07) is 0. The highest BCUT2D eigenvalue weighted by molar-refractivity contribution is 6.00. The van der Waals surface area contributed by atoms with E-state index in [1.165, 1.54) is 19.1 Å². The number of ketones is 1. The Kier molecular flexibility index (Phi) is 8.22. The van der Waals surface area contributed by atoms with E-state index in [0.717, 1.165) is 64.4 Å². The zero-order valence-electron chi connectivity index (χ0n) is 19.8. The molecule has 1 saturated heterocycles. The number of hydrogen-bond acceptors (Lipinski definition) is 5. The minimum absolute atomic E-state index is 0.0361. The summed E-state index contributed by atoms with van der Waals surface area (Å²) in [6.07, 6.45) is 17.8. The predicted octanol–water partition coefficient (Wildman–Crippen LogP) is 5.39. The Morgan fingerprint density at radius 3 is 2.59 bits per heavy atom. The van der Waals surface area contributed by atoms with Crippen molar-refractivity contribution in [3.05, 3.63) is 23.8 Å². The molecule has 32 heavy (non-hydrogen) atoms. The summed E-state index contributed by atoms with van der Waals surface area (Å²) in [4.78, 5) is 25.3. The van der Waals surface area contributed by atoms with Crippen LogP contribution in [0, 0.1) is 29.6 Å². The van der Waals surface area contributed by atoms with Crippen molar-refractivity contribution in [3.8, 4) is 0 Å². The van der Waals surface area contributed by atoms with Gasteiger partial charge in [0.25, 0.3) is 0 Å². The van der Waals surface area contributed by atoms with Crippen LogP contribution in [0.5, 0.6) is 0 Å². The minimum Gasteiger partial charge on any atom is -0.468 e. The first-order valence-corrected chi connectivity index (χ1v) is 12.8. The summed E-state index contributed by atoms with van der Waals surface area (Å²) in [7, 11) is 1.40. The zero-order chi connectivity index (χ0) is 22.5. The maximum absolute atomic E-state index is 13.0. The molecule has 4 fully saturated rings. The van der Waals surface area contributed by atoms with Crippen LogP contribution >= 0.6 is 0 Å². The van der Waals surface area contributed by atoms with Gasteiger partial charge in [-0.2, -0.15) is 0 Å². The van der Waals surface area contributed by atoms with E-state index < -0.39 is 5.92 Å². The van der Waals surface area contributed by atoms with Crippen molar-refractivity contribution in [1.29, 1.82) is 0 Å². The number of methoxy groups -OCH3 is 1. The minimum atomic E-state index is -0.579. The fourth-order valence-corrected chi connectivity index (χ4v) is 6.67. The number of carbonyl (C=O) groups excluding carboxylic acids is 2. The lowest BCUT2D eigenvalue weighted by atomic mass is 9.85. The van der Waals surface area contributed by atoms with Crippen LogP contribution in [0.15, 0.2) is 23.8 Å². The molecule has 0 N–H and O–H groups in total. The number of allylic oxidation sites excluding steroid dienone is 3. The first-order chi connectivity index (χ1) is 15.6. The molecule has 4 rings (SSSR count). The predicted molar refractivity (Wildman–Crippen MR) is 123 cm³/mol. The van der Waals surface area contributed by atoms with Crippen molar-refractivity contribution in [3.63, 3.8) is 0 Å². The Morgan fingerprint density at radius 2 is 1.91 bits per heavy atom. The van der Waals surface area contributed by atoms with Gasteiger partial charge in [-0.1, -0.05) is 36.6 Å². The molecule has 0 aromatic carbocycles. The largest absolute Gasteiger partial charge is 0.468 e. The summed E-state index contributed by atoms with van der Waals surface area (Å²) >= 11 is 0. The lowest BCUT2D eigenvalue weighted by Gasteiger charge is -2.29. The van der Waals surface area contributed by atoms with Crippen LogP contribution in [0.4, 0.5) is 0 Å². The molecule has 4 aliphatic rings. The molecule has 1 aliphatic heterocycles. The van der Waals surface area contributed by atoms with Crippen LogP contribution in [0.2, 0.25) is 0 Å². The molecule has 3 saturated carbocycles. The summed E-state index contributed by atoms with van der Waals surface area (Å²) in [5.41, 5.74) is 1.38. The van der Waals surface area contributed by atoms with Crippen molar-refractivity contribution in [2.75, 3.05) is 13.7 Å². The van der Waals surface area contributed by atoms with Gasteiger partial charge in [0.1, 0.15) is 5.92 Å². The average Bonchev–Trinajstić information content (AvgIpc) is 3.52. The topological polar surface area (TPSA) is 61.8 Å². The Bertz CT molecular complexity index is 714. The van der Waals surface area contributed by atoms with Crippen molar-refractivity contribution < 1.29 is 23.8 Å². The molecule has 0 amide bonds. The summed E-state index contributed by atoms with van der Waals surface area (Å²) in [5.74, 6) is 0.874. The Balaban J connectivity index is 1.36. The van der Waals surface area contributed by atoms with Crippen LogP contribution in [-0.2, 0) is 23.8 Å². The van der Waals surface area contributed by atoms with Crippen LogP contribution in [-0.4, -0.2) is 37.9 Å². The quantitative estimate of drug-likeness (QED) is 0.285. The molecule has 0 radical (unpaired) electrons. The van der Waals surface area contributed by atoms with Crippen LogP contribution in [0.1, 0.15) is 77.6 Å². The van der Waals surface area contributed by atoms with Crippen molar-refractivity contribution in [2.45, 2.75) is 89.9 Å².